The van der Waals surface area contributed by atoms with E-state index in [-0.39, 0.29) is 11.7 Å². The van der Waals surface area contributed by atoms with Gasteiger partial charge in [0.15, 0.2) is 0 Å². The van der Waals surface area contributed by atoms with Crippen molar-refractivity contribution >= 4 is 17.2 Å². The second-order valence-corrected chi connectivity index (χ2v) is 3.69. The summed E-state index contributed by atoms with van der Waals surface area (Å²) in [6, 6.07) is 4.94. The summed E-state index contributed by atoms with van der Waals surface area (Å²) in [7, 11) is 0. The zero-order valence-corrected chi connectivity index (χ0v) is 8.56. The second-order valence-electron chi connectivity index (χ2n) is 3.69. The molecule has 0 bridgehead atoms. The fourth-order valence-corrected chi connectivity index (χ4v) is 1.55. The maximum absolute atomic E-state index is 11.4. The molecule has 0 N–H and O–H groups in total. The smallest absolute Gasteiger partial charge is 0.335 e. The standard InChI is InChI=1S/C11H11NO3/c1-7(2)12-10-5-8(6-13)3-4-9(10)11(14)15-12/h3-7H,1-2H3. The van der Waals surface area contributed by atoms with Crippen LogP contribution in [-0.2, 0) is 0 Å². The number of hydrogen-bond acceptors (Lipinski definition) is 3. The molecule has 0 spiro atoms. The molecule has 0 saturated carbocycles. The molecule has 0 amide bonds. The highest BCUT2D eigenvalue weighted by atomic mass is 16.5. The third-order valence-electron chi connectivity index (χ3n) is 2.27. The van der Waals surface area contributed by atoms with E-state index in [1.807, 2.05) is 13.8 Å². The van der Waals surface area contributed by atoms with Crippen molar-refractivity contribution < 1.29 is 9.32 Å². The van der Waals surface area contributed by atoms with Crippen LogP contribution in [0.25, 0.3) is 10.9 Å². The van der Waals surface area contributed by atoms with Gasteiger partial charge in [-0.05, 0) is 26.0 Å². The molecule has 0 aliphatic carbocycles. The van der Waals surface area contributed by atoms with Gasteiger partial charge in [-0.2, -0.15) is 0 Å². The van der Waals surface area contributed by atoms with Gasteiger partial charge >= 0.3 is 5.63 Å². The van der Waals surface area contributed by atoms with Crippen LogP contribution in [0.5, 0.6) is 0 Å². The normalized spacial score (nSPS) is 11.1. The molecule has 0 radical (unpaired) electrons. The molecule has 4 nitrogen and oxygen atoms in total. The Morgan fingerprint density at radius 3 is 2.73 bits per heavy atom. The van der Waals surface area contributed by atoms with E-state index in [0.717, 1.165) is 6.29 Å². The zero-order valence-electron chi connectivity index (χ0n) is 8.56. The lowest BCUT2D eigenvalue weighted by Crippen LogP contribution is -1.99. The first-order chi connectivity index (χ1) is 7.13. The van der Waals surface area contributed by atoms with Crippen LogP contribution in [0.4, 0.5) is 0 Å². The van der Waals surface area contributed by atoms with E-state index in [4.69, 9.17) is 4.52 Å². The number of carbonyl (C=O) groups excluding carboxylic acids is 1. The Hall–Kier alpha value is -1.84. The number of carbonyl (C=O) groups is 1. The van der Waals surface area contributed by atoms with E-state index in [1.165, 1.54) is 4.74 Å². The average Bonchev–Trinajstić information content (AvgIpc) is 2.56. The lowest BCUT2D eigenvalue weighted by molar-refractivity contribution is 0.112. The number of aromatic nitrogens is 1. The minimum atomic E-state index is -0.365. The van der Waals surface area contributed by atoms with E-state index in [9.17, 15) is 9.59 Å². The number of aldehydes is 1. The summed E-state index contributed by atoms with van der Waals surface area (Å²) in [5.74, 6) is 0. The van der Waals surface area contributed by atoms with E-state index in [2.05, 4.69) is 0 Å². The molecule has 0 saturated heterocycles. The summed E-state index contributed by atoms with van der Waals surface area (Å²) in [5.41, 5.74) is 0.841. The molecule has 0 atom stereocenters. The third kappa shape index (κ3) is 1.48. The van der Waals surface area contributed by atoms with Crippen molar-refractivity contribution in [3.63, 3.8) is 0 Å². The van der Waals surface area contributed by atoms with Crippen molar-refractivity contribution in [2.75, 3.05) is 0 Å². The van der Waals surface area contributed by atoms with Gasteiger partial charge in [0.25, 0.3) is 0 Å². The molecule has 0 aliphatic rings. The Morgan fingerprint density at radius 2 is 2.13 bits per heavy atom. The predicted octanol–water partition coefficient (Wildman–Crippen LogP) is 1.99. The number of hydrogen-bond donors (Lipinski definition) is 0. The van der Waals surface area contributed by atoms with Crippen LogP contribution in [0.1, 0.15) is 30.2 Å². The van der Waals surface area contributed by atoms with Crippen molar-refractivity contribution in [3.8, 4) is 0 Å². The van der Waals surface area contributed by atoms with Gasteiger partial charge in [0.05, 0.1) is 16.9 Å². The molecule has 0 fully saturated rings. The van der Waals surface area contributed by atoms with Gasteiger partial charge in [0.1, 0.15) is 6.29 Å². The monoisotopic (exact) mass is 205 g/mol. The molecule has 4 heteroatoms. The molecular weight excluding hydrogens is 194 g/mol. The summed E-state index contributed by atoms with van der Waals surface area (Å²) in [4.78, 5) is 22.0. The molecule has 0 aliphatic heterocycles. The van der Waals surface area contributed by atoms with Crippen LogP contribution < -0.4 is 5.63 Å². The van der Waals surface area contributed by atoms with Gasteiger partial charge in [-0.15, -0.1) is 0 Å². The lowest BCUT2D eigenvalue weighted by atomic mass is 10.2. The van der Waals surface area contributed by atoms with Crippen molar-refractivity contribution in [1.29, 1.82) is 0 Å². The van der Waals surface area contributed by atoms with Crippen LogP contribution in [0, 0.1) is 0 Å². The number of fused-ring (bicyclic) bond motifs is 1. The van der Waals surface area contributed by atoms with Gasteiger partial charge in [0.2, 0.25) is 0 Å². The Bertz CT molecular complexity index is 563. The minimum absolute atomic E-state index is 0.0529. The zero-order chi connectivity index (χ0) is 11.0. The molecule has 0 unspecified atom stereocenters. The SMILES string of the molecule is CC(C)n1oc(=O)c2ccc(C=O)cc21. The molecule has 15 heavy (non-hydrogen) atoms. The minimum Gasteiger partial charge on any atom is -0.335 e. The van der Waals surface area contributed by atoms with Gasteiger partial charge in [0, 0.05) is 5.56 Å². The Balaban J connectivity index is 2.83. The first kappa shape index (κ1) is 9.71. The highest BCUT2D eigenvalue weighted by Gasteiger charge is 2.11. The molecular formula is C11H11NO3. The van der Waals surface area contributed by atoms with E-state index >= 15 is 0 Å². The number of rotatable bonds is 2. The quantitative estimate of drug-likeness (QED) is 0.704. The highest BCUT2D eigenvalue weighted by Crippen LogP contribution is 2.17. The van der Waals surface area contributed by atoms with Crippen LogP contribution in [0.3, 0.4) is 0 Å². The van der Waals surface area contributed by atoms with Gasteiger partial charge in [-0.3, -0.25) is 4.79 Å². The van der Waals surface area contributed by atoms with E-state index in [1.54, 1.807) is 18.2 Å². The van der Waals surface area contributed by atoms with Crippen molar-refractivity contribution in [2.24, 2.45) is 0 Å². The maximum Gasteiger partial charge on any atom is 0.365 e. The fraction of sp³-hybridized carbons (Fsp3) is 0.273. The largest absolute Gasteiger partial charge is 0.365 e. The number of nitrogens with zero attached hydrogens (tertiary/aromatic N) is 1. The van der Waals surface area contributed by atoms with Crippen molar-refractivity contribution in [1.82, 2.24) is 4.74 Å². The second kappa shape index (κ2) is 3.38. The van der Waals surface area contributed by atoms with E-state index < -0.39 is 0 Å². The highest BCUT2D eigenvalue weighted by molar-refractivity contribution is 5.86. The summed E-state index contributed by atoms with van der Waals surface area (Å²) in [6.07, 6.45) is 0.752. The molecule has 1 heterocycles. The molecule has 2 rings (SSSR count). The van der Waals surface area contributed by atoms with Crippen LogP contribution in [0.2, 0.25) is 0 Å². The first-order valence-corrected chi connectivity index (χ1v) is 4.74. The summed E-state index contributed by atoms with van der Waals surface area (Å²) in [5, 5.41) is 0.509. The first-order valence-electron chi connectivity index (χ1n) is 4.74. The molecule has 1 aromatic heterocycles. The Labute approximate surface area is 86.1 Å². The Kier molecular flexibility index (Phi) is 2.19. The molecule has 2 aromatic rings. The van der Waals surface area contributed by atoms with Gasteiger partial charge in [-0.25, -0.2) is 9.53 Å². The van der Waals surface area contributed by atoms with E-state index in [0.29, 0.717) is 16.5 Å². The summed E-state index contributed by atoms with van der Waals surface area (Å²) in [6.45, 7) is 3.83. The topological polar surface area (TPSA) is 52.2 Å². The number of benzene rings is 1. The fourth-order valence-electron chi connectivity index (χ4n) is 1.55. The van der Waals surface area contributed by atoms with Crippen LogP contribution in [-0.4, -0.2) is 11.0 Å². The predicted molar refractivity (Wildman–Crippen MR) is 56.2 cm³/mol. The molecule has 1 aromatic carbocycles. The van der Waals surface area contributed by atoms with Crippen molar-refractivity contribution in [3.05, 3.63) is 34.2 Å². The third-order valence-corrected chi connectivity index (χ3v) is 2.27. The average molecular weight is 205 g/mol. The van der Waals surface area contributed by atoms with Gasteiger partial charge in [-0.1, -0.05) is 6.07 Å². The maximum atomic E-state index is 11.4. The Morgan fingerprint density at radius 1 is 1.40 bits per heavy atom. The molecule has 78 valence electrons. The summed E-state index contributed by atoms with van der Waals surface area (Å²) >= 11 is 0. The lowest BCUT2D eigenvalue weighted by Gasteiger charge is -2.05. The van der Waals surface area contributed by atoms with Gasteiger partial charge < -0.3 is 4.52 Å². The van der Waals surface area contributed by atoms with Crippen LogP contribution in [0.15, 0.2) is 27.5 Å². The van der Waals surface area contributed by atoms with Crippen LogP contribution >= 0.6 is 0 Å². The summed E-state index contributed by atoms with van der Waals surface area (Å²) < 4.78 is 6.59. The van der Waals surface area contributed by atoms with Crippen molar-refractivity contribution in [2.45, 2.75) is 19.9 Å².